The summed E-state index contributed by atoms with van der Waals surface area (Å²) in [6.45, 7) is 7.71. The molecule has 2 saturated heterocycles. The van der Waals surface area contributed by atoms with Gasteiger partial charge in [-0.2, -0.15) is 0 Å². The van der Waals surface area contributed by atoms with E-state index in [1.54, 1.807) is 0 Å². The molecule has 0 aliphatic carbocycles. The maximum absolute atomic E-state index is 11.3. The van der Waals surface area contributed by atoms with Crippen LogP contribution in [0.1, 0.15) is 12.8 Å². The molecule has 3 nitrogen and oxygen atoms in total. The highest BCUT2D eigenvalue weighted by Crippen LogP contribution is 2.20. The molecule has 2 aliphatic heterocycles. The molecule has 0 N–H and O–H groups in total. The van der Waals surface area contributed by atoms with Crippen LogP contribution in [0.15, 0.2) is 12.7 Å². The molecule has 2 heterocycles. The van der Waals surface area contributed by atoms with Gasteiger partial charge >= 0.3 is 0 Å². The van der Waals surface area contributed by atoms with Gasteiger partial charge in [-0.15, -0.1) is 6.58 Å². The lowest BCUT2D eigenvalue weighted by Gasteiger charge is -2.14. The maximum Gasteiger partial charge on any atom is 0.222 e. The van der Waals surface area contributed by atoms with Crippen molar-refractivity contribution >= 4 is 5.91 Å². The third-order valence-corrected chi connectivity index (χ3v) is 2.79. The molecule has 72 valence electrons. The van der Waals surface area contributed by atoms with E-state index in [0.29, 0.717) is 11.9 Å². The van der Waals surface area contributed by atoms with Crippen molar-refractivity contribution in [1.29, 1.82) is 0 Å². The summed E-state index contributed by atoms with van der Waals surface area (Å²) in [7, 11) is 0. The second kappa shape index (κ2) is 3.50. The lowest BCUT2D eigenvalue weighted by molar-refractivity contribution is -0.127. The summed E-state index contributed by atoms with van der Waals surface area (Å²) in [6.07, 6.45) is 3.73. The second-order valence-corrected chi connectivity index (χ2v) is 3.84. The van der Waals surface area contributed by atoms with E-state index in [4.69, 9.17) is 0 Å². The van der Waals surface area contributed by atoms with Crippen LogP contribution >= 0.6 is 0 Å². The van der Waals surface area contributed by atoms with Crippen LogP contribution in [-0.2, 0) is 4.79 Å². The van der Waals surface area contributed by atoms with Crippen LogP contribution in [0, 0.1) is 0 Å². The van der Waals surface area contributed by atoms with E-state index in [1.165, 1.54) is 0 Å². The Labute approximate surface area is 79.0 Å². The molecule has 0 aromatic heterocycles. The quantitative estimate of drug-likeness (QED) is 0.464. The molecule has 0 radical (unpaired) electrons. The minimum Gasteiger partial charge on any atom is -0.341 e. The number of nitrogens with zero attached hydrogens (tertiary/aromatic N) is 2. The first kappa shape index (κ1) is 8.75. The summed E-state index contributed by atoms with van der Waals surface area (Å²) in [4.78, 5) is 15.6. The third kappa shape index (κ3) is 1.91. The zero-order chi connectivity index (χ0) is 9.26. The fourth-order valence-electron chi connectivity index (χ4n) is 1.94. The van der Waals surface area contributed by atoms with E-state index >= 15 is 0 Å². The van der Waals surface area contributed by atoms with Gasteiger partial charge < -0.3 is 4.90 Å². The van der Waals surface area contributed by atoms with Gasteiger partial charge in [0.1, 0.15) is 0 Å². The SMILES string of the molecule is C=CCN1CC1CN1CCCC1=O. The standard InChI is InChI=1S/C10H16N2O/c1-2-5-11-7-9(11)8-12-6-3-4-10(12)13/h2,9H,1,3-8H2. The van der Waals surface area contributed by atoms with Gasteiger partial charge in [-0.3, -0.25) is 9.69 Å². The molecule has 13 heavy (non-hydrogen) atoms. The topological polar surface area (TPSA) is 23.3 Å². The van der Waals surface area contributed by atoms with Gasteiger partial charge in [0.05, 0.1) is 0 Å². The molecule has 0 spiro atoms. The number of likely N-dealkylation sites (tertiary alicyclic amines) is 1. The minimum atomic E-state index is 0.338. The highest BCUT2D eigenvalue weighted by Gasteiger charge is 2.36. The molecule has 2 atom stereocenters. The van der Waals surface area contributed by atoms with E-state index in [2.05, 4.69) is 11.5 Å². The number of carbonyl (C=O) groups is 1. The monoisotopic (exact) mass is 180 g/mol. The first-order chi connectivity index (χ1) is 6.31. The van der Waals surface area contributed by atoms with Crippen LogP contribution in [0.25, 0.3) is 0 Å². The van der Waals surface area contributed by atoms with Crippen LogP contribution in [0.3, 0.4) is 0 Å². The summed E-state index contributed by atoms with van der Waals surface area (Å²) in [6, 6.07) is 0.611. The van der Waals surface area contributed by atoms with Gasteiger partial charge in [-0.25, -0.2) is 0 Å². The van der Waals surface area contributed by atoms with Crippen molar-refractivity contribution in [3.63, 3.8) is 0 Å². The highest BCUT2D eigenvalue weighted by atomic mass is 16.2. The van der Waals surface area contributed by atoms with Crippen LogP contribution in [0.2, 0.25) is 0 Å². The van der Waals surface area contributed by atoms with Crippen molar-refractivity contribution in [2.24, 2.45) is 0 Å². The van der Waals surface area contributed by atoms with E-state index in [0.717, 1.165) is 39.0 Å². The Hall–Kier alpha value is -0.830. The van der Waals surface area contributed by atoms with Gasteiger partial charge in [-0.05, 0) is 6.42 Å². The van der Waals surface area contributed by atoms with Crippen LogP contribution in [-0.4, -0.2) is 47.9 Å². The molecule has 0 bridgehead atoms. The maximum atomic E-state index is 11.3. The number of carbonyl (C=O) groups excluding carboxylic acids is 1. The Balaban J connectivity index is 1.74. The molecule has 2 aliphatic rings. The predicted octanol–water partition coefficient (Wildman–Crippen LogP) is 0.479. The minimum absolute atomic E-state index is 0.338. The first-order valence-electron chi connectivity index (χ1n) is 4.94. The predicted molar refractivity (Wildman–Crippen MR) is 51.4 cm³/mol. The number of rotatable bonds is 4. The Bertz CT molecular complexity index is 227. The molecule has 0 aromatic rings. The summed E-state index contributed by atoms with van der Waals surface area (Å²) in [5.74, 6) is 0.338. The zero-order valence-electron chi connectivity index (χ0n) is 7.91. The molecule has 0 aromatic carbocycles. The van der Waals surface area contributed by atoms with E-state index in [1.807, 2.05) is 11.0 Å². The Morgan fingerprint density at radius 3 is 3.08 bits per heavy atom. The van der Waals surface area contributed by atoms with E-state index in [-0.39, 0.29) is 0 Å². The highest BCUT2D eigenvalue weighted by molar-refractivity contribution is 5.78. The molecular weight excluding hydrogens is 164 g/mol. The lowest BCUT2D eigenvalue weighted by Crippen LogP contribution is -2.30. The van der Waals surface area contributed by atoms with Gasteiger partial charge in [0, 0.05) is 38.6 Å². The summed E-state index contributed by atoms with van der Waals surface area (Å²) in [5, 5.41) is 0. The normalized spacial score (nSPS) is 32.3. The van der Waals surface area contributed by atoms with Gasteiger partial charge in [0.15, 0.2) is 0 Å². The van der Waals surface area contributed by atoms with Crippen molar-refractivity contribution in [2.75, 3.05) is 26.2 Å². The van der Waals surface area contributed by atoms with Crippen molar-refractivity contribution in [3.8, 4) is 0 Å². The summed E-state index contributed by atoms with van der Waals surface area (Å²) in [5.41, 5.74) is 0. The molecule has 2 rings (SSSR count). The fourth-order valence-corrected chi connectivity index (χ4v) is 1.94. The van der Waals surface area contributed by atoms with Gasteiger partial charge in [-0.1, -0.05) is 6.08 Å². The Morgan fingerprint density at radius 2 is 2.46 bits per heavy atom. The van der Waals surface area contributed by atoms with Crippen LogP contribution in [0.4, 0.5) is 0 Å². The Morgan fingerprint density at radius 1 is 1.62 bits per heavy atom. The smallest absolute Gasteiger partial charge is 0.222 e. The average Bonchev–Trinajstić information content (AvgIpc) is 2.69. The van der Waals surface area contributed by atoms with E-state index in [9.17, 15) is 4.79 Å². The summed E-state index contributed by atoms with van der Waals surface area (Å²) >= 11 is 0. The molecule has 3 heteroatoms. The fraction of sp³-hybridized carbons (Fsp3) is 0.700. The molecule has 1 amide bonds. The molecular formula is C10H16N2O. The largest absolute Gasteiger partial charge is 0.341 e. The lowest BCUT2D eigenvalue weighted by atomic mass is 10.4. The third-order valence-electron chi connectivity index (χ3n) is 2.79. The average molecular weight is 180 g/mol. The van der Waals surface area contributed by atoms with Crippen molar-refractivity contribution in [3.05, 3.63) is 12.7 Å². The van der Waals surface area contributed by atoms with Crippen molar-refractivity contribution in [2.45, 2.75) is 18.9 Å². The van der Waals surface area contributed by atoms with Gasteiger partial charge in [0.2, 0.25) is 5.91 Å². The zero-order valence-corrected chi connectivity index (χ0v) is 7.91. The van der Waals surface area contributed by atoms with Crippen LogP contribution < -0.4 is 0 Å². The van der Waals surface area contributed by atoms with E-state index < -0.39 is 0 Å². The number of hydrogen-bond donors (Lipinski definition) is 0. The van der Waals surface area contributed by atoms with Gasteiger partial charge in [0.25, 0.3) is 0 Å². The summed E-state index contributed by atoms with van der Waals surface area (Å²) < 4.78 is 0. The Kier molecular flexibility index (Phi) is 2.36. The number of hydrogen-bond acceptors (Lipinski definition) is 2. The molecule has 0 saturated carbocycles. The number of amides is 1. The second-order valence-electron chi connectivity index (χ2n) is 3.84. The first-order valence-corrected chi connectivity index (χ1v) is 4.94. The van der Waals surface area contributed by atoms with Crippen LogP contribution in [0.5, 0.6) is 0 Å². The van der Waals surface area contributed by atoms with Crippen molar-refractivity contribution < 1.29 is 4.79 Å². The molecule has 2 unspecified atom stereocenters. The molecule has 2 fully saturated rings. The van der Waals surface area contributed by atoms with Crippen molar-refractivity contribution in [1.82, 2.24) is 9.80 Å².